The third kappa shape index (κ3) is 4.87. The minimum Gasteiger partial charge on any atom is -0.390 e. The highest BCUT2D eigenvalue weighted by atomic mass is 32.2. The quantitative estimate of drug-likeness (QED) is 0.520. The van der Waals surface area contributed by atoms with Crippen LogP contribution in [0.15, 0.2) is 82.8 Å². The van der Waals surface area contributed by atoms with Gasteiger partial charge in [-0.3, -0.25) is 0 Å². The molecular formula is C24H22F2N2O3S. The standard InChI is InChI=1S/C24H22F2N2O3S/c1-17-7-9-18(10-8-17)24-14-21(31-27-24)16-28(15-19-11-12-20(25)13-23(19)26)32(29,30)22-5-3-2-4-6-22/h2-13,21H,14-16H2,1H3. The predicted molar refractivity (Wildman–Crippen MR) is 118 cm³/mol. The van der Waals surface area contributed by atoms with Crippen LogP contribution in [0.1, 0.15) is 23.1 Å². The molecule has 5 nitrogen and oxygen atoms in total. The Morgan fingerprint density at radius 2 is 1.75 bits per heavy atom. The van der Waals surface area contributed by atoms with Crippen LogP contribution in [0.3, 0.4) is 0 Å². The molecule has 0 saturated heterocycles. The van der Waals surface area contributed by atoms with E-state index in [2.05, 4.69) is 5.16 Å². The molecule has 0 fully saturated rings. The SMILES string of the molecule is Cc1ccc(C2=NOC(CN(Cc3ccc(F)cc3F)S(=O)(=O)c3ccccc3)C2)cc1. The van der Waals surface area contributed by atoms with E-state index in [1.165, 1.54) is 18.2 Å². The first-order valence-electron chi connectivity index (χ1n) is 10.1. The first-order valence-corrected chi connectivity index (χ1v) is 11.6. The van der Waals surface area contributed by atoms with Crippen molar-refractivity contribution in [3.63, 3.8) is 0 Å². The summed E-state index contributed by atoms with van der Waals surface area (Å²) in [5.41, 5.74) is 2.81. The number of rotatable bonds is 7. The highest BCUT2D eigenvalue weighted by Gasteiger charge is 2.32. The molecular weight excluding hydrogens is 434 g/mol. The van der Waals surface area contributed by atoms with E-state index in [0.29, 0.717) is 6.42 Å². The summed E-state index contributed by atoms with van der Waals surface area (Å²) in [4.78, 5) is 5.61. The molecule has 3 aromatic rings. The van der Waals surface area contributed by atoms with Crippen LogP contribution in [0.5, 0.6) is 0 Å². The van der Waals surface area contributed by atoms with Gasteiger partial charge in [0.15, 0.2) is 0 Å². The molecule has 3 aromatic carbocycles. The van der Waals surface area contributed by atoms with E-state index in [9.17, 15) is 17.2 Å². The molecule has 0 bridgehead atoms. The molecule has 8 heteroatoms. The van der Waals surface area contributed by atoms with Crippen molar-refractivity contribution >= 4 is 15.7 Å². The normalized spacial score (nSPS) is 16.1. The van der Waals surface area contributed by atoms with E-state index in [-0.39, 0.29) is 23.5 Å². The van der Waals surface area contributed by atoms with E-state index >= 15 is 0 Å². The first kappa shape index (κ1) is 22.1. The van der Waals surface area contributed by atoms with E-state index < -0.39 is 27.8 Å². The lowest BCUT2D eigenvalue weighted by atomic mass is 10.0. The molecule has 1 aliphatic heterocycles. The van der Waals surface area contributed by atoms with Gasteiger partial charge in [-0.15, -0.1) is 0 Å². The van der Waals surface area contributed by atoms with Gasteiger partial charge in [0, 0.05) is 24.6 Å². The molecule has 0 saturated carbocycles. The fourth-order valence-electron chi connectivity index (χ4n) is 3.50. The van der Waals surface area contributed by atoms with Crippen molar-refractivity contribution in [2.45, 2.75) is 30.9 Å². The molecule has 4 rings (SSSR count). The van der Waals surface area contributed by atoms with E-state index in [0.717, 1.165) is 33.3 Å². The molecule has 1 unspecified atom stereocenters. The summed E-state index contributed by atoms with van der Waals surface area (Å²) in [6, 6.07) is 18.8. The second-order valence-corrected chi connectivity index (χ2v) is 9.62. The summed E-state index contributed by atoms with van der Waals surface area (Å²) in [5, 5.41) is 4.13. The van der Waals surface area contributed by atoms with Gasteiger partial charge >= 0.3 is 0 Å². The van der Waals surface area contributed by atoms with Crippen molar-refractivity contribution in [2.24, 2.45) is 5.16 Å². The fraction of sp³-hybridized carbons (Fsp3) is 0.208. The average molecular weight is 457 g/mol. The maximum Gasteiger partial charge on any atom is 0.243 e. The molecule has 1 heterocycles. The third-order valence-corrected chi connectivity index (χ3v) is 7.09. The molecule has 0 aromatic heterocycles. The number of benzene rings is 3. The average Bonchev–Trinajstić information content (AvgIpc) is 3.24. The third-order valence-electron chi connectivity index (χ3n) is 5.27. The number of oxime groups is 1. The summed E-state index contributed by atoms with van der Waals surface area (Å²) in [6.07, 6.45) is -0.122. The molecule has 0 spiro atoms. The summed E-state index contributed by atoms with van der Waals surface area (Å²) < 4.78 is 55.5. The van der Waals surface area contributed by atoms with Gasteiger partial charge in [0.25, 0.3) is 0 Å². The Morgan fingerprint density at radius 1 is 1.03 bits per heavy atom. The van der Waals surface area contributed by atoms with Crippen LogP contribution < -0.4 is 0 Å². The van der Waals surface area contributed by atoms with Gasteiger partial charge in [0.05, 0.1) is 17.2 Å². The maximum absolute atomic E-state index is 14.3. The van der Waals surface area contributed by atoms with Gasteiger partial charge in [0.2, 0.25) is 10.0 Å². The Hall–Kier alpha value is -3.10. The lowest BCUT2D eigenvalue weighted by Gasteiger charge is -2.24. The van der Waals surface area contributed by atoms with Crippen molar-refractivity contribution in [3.05, 3.63) is 101 Å². The zero-order valence-electron chi connectivity index (χ0n) is 17.4. The second-order valence-electron chi connectivity index (χ2n) is 7.68. The Balaban J connectivity index is 1.58. The van der Waals surface area contributed by atoms with Gasteiger partial charge in [-0.2, -0.15) is 4.31 Å². The summed E-state index contributed by atoms with van der Waals surface area (Å²) in [6.45, 7) is 1.69. The van der Waals surface area contributed by atoms with Crippen LogP contribution in [0.4, 0.5) is 8.78 Å². The molecule has 166 valence electrons. The van der Waals surface area contributed by atoms with Gasteiger partial charge in [0.1, 0.15) is 17.7 Å². The van der Waals surface area contributed by atoms with Crippen LogP contribution >= 0.6 is 0 Å². The Morgan fingerprint density at radius 3 is 2.44 bits per heavy atom. The summed E-state index contributed by atoms with van der Waals surface area (Å²) in [5.74, 6) is -1.53. The number of halogens is 2. The van der Waals surface area contributed by atoms with Gasteiger partial charge in [-0.1, -0.05) is 59.3 Å². The smallest absolute Gasteiger partial charge is 0.243 e. The first-order chi connectivity index (χ1) is 15.3. The Labute approximate surface area is 186 Å². The minimum atomic E-state index is -3.96. The van der Waals surface area contributed by atoms with E-state index in [1.807, 2.05) is 31.2 Å². The number of aryl methyl sites for hydroxylation is 1. The van der Waals surface area contributed by atoms with E-state index in [4.69, 9.17) is 4.84 Å². The van der Waals surface area contributed by atoms with Gasteiger partial charge in [-0.25, -0.2) is 17.2 Å². The van der Waals surface area contributed by atoms with Crippen LogP contribution in [-0.2, 0) is 21.4 Å². The minimum absolute atomic E-state index is 0.0348. The van der Waals surface area contributed by atoms with Crippen LogP contribution in [-0.4, -0.2) is 31.1 Å². The zero-order chi connectivity index (χ0) is 22.7. The van der Waals surface area contributed by atoms with E-state index in [1.54, 1.807) is 18.2 Å². The van der Waals surface area contributed by atoms with Crippen molar-refractivity contribution in [3.8, 4) is 0 Å². The number of hydrogen-bond acceptors (Lipinski definition) is 4. The largest absolute Gasteiger partial charge is 0.390 e. The second kappa shape index (κ2) is 9.18. The molecule has 0 aliphatic carbocycles. The number of sulfonamides is 1. The fourth-order valence-corrected chi connectivity index (χ4v) is 4.97. The lowest BCUT2D eigenvalue weighted by molar-refractivity contribution is 0.0692. The monoisotopic (exact) mass is 456 g/mol. The van der Waals surface area contributed by atoms with Crippen LogP contribution in [0.25, 0.3) is 0 Å². The number of nitrogens with zero attached hydrogens (tertiary/aromatic N) is 2. The predicted octanol–water partition coefficient (Wildman–Crippen LogP) is 4.66. The molecule has 1 aliphatic rings. The molecule has 0 N–H and O–H groups in total. The van der Waals surface area contributed by atoms with Crippen LogP contribution in [0.2, 0.25) is 0 Å². The highest BCUT2D eigenvalue weighted by molar-refractivity contribution is 7.89. The van der Waals surface area contributed by atoms with Crippen molar-refractivity contribution in [1.29, 1.82) is 0 Å². The Kier molecular flexibility index (Phi) is 6.34. The summed E-state index contributed by atoms with van der Waals surface area (Å²) >= 11 is 0. The van der Waals surface area contributed by atoms with Crippen LogP contribution in [0, 0.1) is 18.6 Å². The molecule has 1 atom stereocenters. The topological polar surface area (TPSA) is 59.0 Å². The van der Waals surface area contributed by atoms with Crippen molar-refractivity contribution in [2.75, 3.05) is 6.54 Å². The lowest BCUT2D eigenvalue weighted by Crippen LogP contribution is -2.37. The van der Waals surface area contributed by atoms with Crippen molar-refractivity contribution < 1.29 is 22.0 Å². The zero-order valence-corrected chi connectivity index (χ0v) is 18.2. The summed E-state index contributed by atoms with van der Waals surface area (Å²) in [7, 11) is -3.96. The van der Waals surface area contributed by atoms with Crippen molar-refractivity contribution in [1.82, 2.24) is 4.31 Å². The van der Waals surface area contributed by atoms with Gasteiger partial charge < -0.3 is 4.84 Å². The molecule has 0 radical (unpaired) electrons. The Bertz CT molecular complexity index is 1230. The maximum atomic E-state index is 14.3. The molecule has 0 amide bonds. The number of hydrogen-bond donors (Lipinski definition) is 0. The highest BCUT2D eigenvalue weighted by Crippen LogP contribution is 2.24. The molecule has 32 heavy (non-hydrogen) atoms. The van der Waals surface area contributed by atoms with Gasteiger partial charge in [-0.05, 0) is 30.7 Å².